The third kappa shape index (κ3) is 5.32. The predicted molar refractivity (Wildman–Crippen MR) is 111 cm³/mol. The van der Waals surface area contributed by atoms with Crippen molar-refractivity contribution in [3.8, 4) is 0 Å². The first-order valence-corrected chi connectivity index (χ1v) is 10.1. The number of hydrogen-bond acceptors (Lipinski definition) is 2. The second-order valence-electron chi connectivity index (χ2n) is 7.08. The standard InChI is InChI=1S/C21H23BrFN3O2/c1-14-4-7-17(8-5-14)25-21(28)24-12-15-3-2-10-26(13-15)20(27)18-11-16(22)6-9-19(18)23/h4-9,11,15H,2-3,10,12-13H2,1H3,(H2,24,25,28). The van der Waals surface area contributed by atoms with Crippen LogP contribution in [0.25, 0.3) is 0 Å². The first-order valence-electron chi connectivity index (χ1n) is 9.28. The average Bonchev–Trinajstić information content (AvgIpc) is 2.70. The van der Waals surface area contributed by atoms with Crippen LogP contribution in [0.2, 0.25) is 0 Å². The van der Waals surface area contributed by atoms with E-state index in [4.69, 9.17) is 0 Å². The molecule has 1 aliphatic rings. The van der Waals surface area contributed by atoms with Gasteiger partial charge in [0.15, 0.2) is 0 Å². The van der Waals surface area contributed by atoms with Crippen LogP contribution in [0.15, 0.2) is 46.9 Å². The van der Waals surface area contributed by atoms with Crippen molar-refractivity contribution in [1.82, 2.24) is 10.2 Å². The SMILES string of the molecule is Cc1ccc(NC(=O)NCC2CCCN(C(=O)c3cc(Br)ccc3F)C2)cc1. The number of halogens is 2. The molecule has 0 bridgehead atoms. The number of likely N-dealkylation sites (tertiary alicyclic amines) is 1. The molecule has 3 rings (SSSR count). The fourth-order valence-electron chi connectivity index (χ4n) is 3.30. The number of amides is 3. The summed E-state index contributed by atoms with van der Waals surface area (Å²) < 4.78 is 14.7. The van der Waals surface area contributed by atoms with Gasteiger partial charge in [-0.3, -0.25) is 4.79 Å². The molecule has 1 unspecified atom stereocenters. The molecule has 2 aromatic carbocycles. The summed E-state index contributed by atoms with van der Waals surface area (Å²) in [6, 6.07) is 11.7. The van der Waals surface area contributed by atoms with E-state index in [9.17, 15) is 14.0 Å². The number of piperidine rings is 1. The van der Waals surface area contributed by atoms with E-state index in [2.05, 4.69) is 26.6 Å². The normalized spacial score (nSPS) is 16.5. The lowest BCUT2D eigenvalue weighted by Gasteiger charge is -2.33. The van der Waals surface area contributed by atoms with Gasteiger partial charge in [0.1, 0.15) is 5.82 Å². The highest BCUT2D eigenvalue weighted by atomic mass is 79.9. The molecular formula is C21H23BrFN3O2. The molecule has 5 nitrogen and oxygen atoms in total. The van der Waals surface area contributed by atoms with E-state index in [1.807, 2.05) is 31.2 Å². The van der Waals surface area contributed by atoms with Crippen LogP contribution in [0.1, 0.15) is 28.8 Å². The molecule has 1 heterocycles. The van der Waals surface area contributed by atoms with E-state index < -0.39 is 5.82 Å². The van der Waals surface area contributed by atoms with Crippen molar-refractivity contribution in [3.63, 3.8) is 0 Å². The third-order valence-corrected chi connectivity index (χ3v) is 5.32. The summed E-state index contributed by atoms with van der Waals surface area (Å²) in [4.78, 5) is 26.5. The molecule has 0 aromatic heterocycles. The summed E-state index contributed by atoms with van der Waals surface area (Å²) in [6.07, 6.45) is 1.74. The van der Waals surface area contributed by atoms with Gasteiger partial charge in [0.2, 0.25) is 0 Å². The van der Waals surface area contributed by atoms with Crippen molar-refractivity contribution in [3.05, 3.63) is 63.9 Å². The molecule has 28 heavy (non-hydrogen) atoms. The number of carbonyl (C=O) groups excluding carboxylic acids is 2. The molecule has 1 fully saturated rings. The lowest BCUT2D eigenvalue weighted by atomic mass is 9.97. The highest BCUT2D eigenvalue weighted by Gasteiger charge is 2.26. The molecule has 148 valence electrons. The van der Waals surface area contributed by atoms with Gasteiger partial charge in [-0.15, -0.1) is 0 Å². The second-order valence-corrected chi connectivity index (χ2v) is 8.00. The lowest BCUT2D eigenvalue weighted by Crippen LogP contribution is -2.44. The summed E-state index contributed by atoms with van der Waals surface area (Å²) in [6.45, 7) is 3.54. The number of rotatable bonds is 4. The Balaban J connectivity index is 1.53. The van der Waals surface area contributed by atoms with Crippen molar-refractivity contribution in [2.24, 2.45) is 5.92 Å². The van der Waals surface area contributed by atoms with Crippen molar-refractivity contribution in [2.75, 3.05) is 25.0 Å². The van der Waals surface area contributed by atoms with Gasteiger partial charge in [-0.25, -0.2) is 9.18 Å². The Kier molecular flexibility index (Phi) is 6.67. The van der Waals surface area contributed by atoms with Crippen LogP contribution in [0.3, 0.4) is 0 Å². The van der Waals surface area contributed by atoms with Crippen molar-refractivity contribution >= 4 is 33.6 Å². The van der Waals surface area contributed by atoms with Gasteiger partial charge in [0, 0.05) is 29.8 Å². The molecule has 3 amide bonds. The van der Waals surface area contributed by atoms with Gasteiger partial charge >= 0.3 is 6.03 Å². The highest BCUT2D eigenvalue weighted by molar-refractivity contribution is 9.10. The molecule has 1 atom stereocenters. The molecule has 0 radical (unpaired) electrons. The minimum absolute atomic E-state index is 0.0695. The Bertz CT molecular complexity index is 857. The summed E-state index contributed by atoms with van der Waals surface area (Å²) >= 11 is 3.28. The second kappa shape index (κ2) is 9.19. The number of benzene rings is 2. The van der Waals surface area contributed by atoms with Crippen molar-refractivity contribution in [2.45, 2.75) is 19.8 Å². The number of nitrogens with zero attached hydrogens (tertiary/aromatic N) is 1. The quantitative estimate of drug-likeness (QED) is 0.720. The molecule has 1 saturated heterocycles. The van der Waals surface area contributed by atoms with E-state index >= 15 is 0 Å². The third-order valence-electron chi connectivity index (χ3n) is 4.83. The van der Waals surface area contributed by atoms with Crippen LogP contribution in [0, 0.1) is 18.7 Å². The summed E-state index contributed by atoms with van der Waals surface area (Å²) in [7, 11) is 0. The van der Waals surface area contributed by atoms with Crippen LogP contribution < -0.4 is 10.6 Å². The zero-order valence-corrected chi connectivity index (χ0v) is 17.3. The Hall–Kier alpha value is -2.41. The minimum atomic E-state index is -0.522. The predicted octanol–water partition coefficient (Wildman–Crippen LogP) is 4.57. The van der Waals surface area contributed by atoms with Gasteiger partial charge in [-0.05, 0) is 56.0 Å². The number of anilines is 1. The number of nitrogens with one attached hydrogen (secondary N) is 2. The van der Waals surface area contributed by atoms with Gasteiger partial charge in [-0.2, -0.15) is 0 Å². The molecule has 1 aliphatic heterocycles. The van der Waals surface area contributed by atoms with Gasteiger partial charge in [-0.1, -0.05) is 33.6 Å². The highest BCUT2D eigenvalue weighted by Crippen LogP contribution is 2.22. The van der Waals surface area contributed by atoms with Gasteiger partial charge in [0.25, 0.3) is 5.91 Å². The zero-order valence-electron chi connectivity index (χ0n) is 15.7. The Morgan fingerprint density at radius 1 is 1.21 bits per heavy atom. The van der Waals surface area contributed by atoms with Crippen molar-refractivity contribution < 1.29 is 14.0 Å². The average molecular weight is 448 g/mol. The summed E-state index contributed by atoms with van der Waals surface area (Å²) in [5, 5.41) is 5.66. The first kappa shape index (κ1) is 20.3. The van der Waals surface area contributed by atoms with Crippen LogP contribution in [0.4, 0.5) is 14.9 Å². The zero-order chi connectivity index (χ0) is 20.1. The maximum atomic E-state index is 14.0. The van der Waals surface area contributed by atoms with Crippen LogP contribution in [-0.2, 0) is 0 Å². The van der Waals surface area contributed by atoms with Crippen LogP contribution >= 0.6 is 15.9 Å². The topological polar surface area (TPSA) is 61.4 Å². The fourth-order valence-corrected chi connectivity index (χ4v) is 3.66. The van der Waals surface area contributed by atoms with E-state index in [1.54, 1.807) is 11.0 Å². The Morgan fingerprint density at radius 3 is 2.71 bits per heavy atom. The van der Waals surface area contributed by atoms with Crippen molar-refractivity contribution in [1.29, 1.82) is 0 Å². The molecule has 0 aliphatic carbocycles. The van der Waals surface area contributed by atoms with E-state index in [0.29, 0.717) is 24.1 Å². The Labute approximate surface area is 172 Å². The lowest BCUT2D eigenvalue weighted by molar-refractivity contribution is 0.0670. The molecular weight excluding hydrogens is 425 g/mol. The number of aryl methyl sites for hydroxylation is 1. The maximum absolute atomic E-state index is 14.0. The molecule has 0 spiro atoms. The van der Waals surface area contributed by atoms with Crippen LogP contribution in [-0.4, -0.2) is 36.5 Å². The monoisotopic (exact) mass is 447 g/mol. The van der Waals surface area contributed by atoms with Gasteiger partial charge < -0.3 is 15.5 Å². The largest absolute Gasteiger partial charge is 0.338 e. The number of carbonyl (C=O) groups is 2. The van der Waals surface area contributed by atoms with E-state index in [0.717, 1.165) is 24.1 Å². The van der Waals surface area contributed by atoms with Crippen LogP contribution in [0.5, 0.6) is 0 Å². The molecule has 7 heteroatoms. The molecule has 0 saturated carbocycles. The molecule has 2 aromatic rings. The smallest absolute Gasteiger partial charge is 0.319 e. The number of hydrogen-bond donors (Lipinski definition) is 2. The van der Waals surface area contributed by atoms with E-state index in [1.165, 1.54) is 12.1 Å². The summed E-state index contributed by atoms with van der Waals surface area (Å²) in [5.41, 5.74) is 1.92. The first-order chi connectivity index (χ1) is 13.4. The maximum Gasteiger partial charge on any atom is 0.319 e. The minimum Gasteiger partial charge on any atom is -0.338 e. The summed E-state index contributed by atoms with van der Waals surface area (Å²) in [5.74, 6) is -0.699. The fraction of sp³-hybridized carbons (Fsp3) is 0.333. The number of urea groups is 1. The van der Waals surface area contributed by atoms with Gasteiger partial charge in [0.05, 0.1) is 5.56 Å². The Morgan fingerprint density at radius 2 is 1.96 bits per heavy atom. The van der Waals surface area contributed by atoms with E-state index in [-0.39, 0.29) is 23.4 Å². The molecule has 2 N–H and O–H groups in total.